The molecule has 1 aromatic rings. The van der Waals surface area contributed by atoms with Gasteiger partial charge in [-0.3, -0.25) is 0 Å². The van der Waals surface area contributed by atoms with Crippen molar-refractivity contribution in [2.24, 2.45) is 5.73 Å². The maximum Gasteiger partial charge on any atom is 0.171 e. The van der Waals surface area contributed by atoms with Gasteiger partial charge in [0.1, 0.15) is 0 Å². The molecular weight excluding hydrogens is 204 g/mol. The van der Waals surface area contributed by atoms with E-state index in [4.69, 9.17) is 18.0 Å². The average molecular weight is 220 g/mol. The van der Waals surface area contributed by atoms with Gasteiger partial charge in [0, 0.05) is 11.7 Å². The largest absolute Gasteiger partial charge is 0.376 e. The van der Waals surface area contributed by atoms with Gasteiger partial charge in [-0.1, -0.05) is 25.1 Å². The van der Waals surface area contributed by atoms with Crippen molar-refractivity contribution in [3.05, 3.63) is 29.8 Å². The summed E-state index contributed by atoms with van der Waals surface area (Å²) in [7, 11) is 0. The zero-order valence-corrected chi connectivity index (χ0v) is 9.76. The van der Waals surface area contributed by atoms with Gasteiger partial charge in [0.2, 0.25) is 0 Å². The molecule has 0 unspecified atom stereocenters. The van der Waals surface area contributed by atoms with E-state index >= 15 is 0 Å². The molecular formula is C12H16N2S. The number of hydrogen-bond donors (Lipinski definition) is 1. The number of rotatable bonds is 3. The second-order valence-electron chi connectivity index (χ2n) is 3.92. The van der Waals surface area contributed by atoms with Gasteiger partial charge in [0.25, 0.3) is 0 Å². The zero-order chi connectivity index (χ0) is 10.8. The predicted molar refractivity (Wildman–Crippen MR) is 68.1 cm³/mol. The molecule has 3 heteroatoms. The molecule has 0 spiro atoms. The van der Waals surface area contributed by atoms with Crippen LogP contribution < -0.4 is 10.6 Å². The average Bonchev–Trinajstić information content (AvgIpc) is 3.03. The topological polar surface area (TPSA) is 29.3 Å². The number of nitrogens with zero attached hydrogens (tertiary/aromatic N) is 1. The van der Waals surface area contributed by atoms with E-state index in [-0.39, 0.29) is 0 Å². The maximum absolute atomic E-state index is 5.79. The molecule has 0 aliphatic heterocycles. The summed E-state index contributed by atoms with van der Waals surface area (Å²) >= 11 is 5.13. The first-order valence-corrected chi connectivity index (χ1v) is 5.81. The van der Waals surface area contributed by atoms with Crippen molar-refractivity contribution in [3.63, 3.8) is 0 Å². The van der Waals surface area contributed by atoms with E-state index in [2.05, 4.69) is 30.0 Å². The van der Waals surface area contributed by atoms with Gasteiger partial charge in [0.15, 0.2) is 5.11 Å². The van der Waals surface area contributed by atoms with E-state index in [0.29, 0.717) is 11.2 Å². The fraction of sp³-hybridized carbons (Fsp3) is 0.417. The van der Waals surface area contributed by atoms with Crippen molar-refractivity contribution in [1.29, 1.82) is 0 Å². The Kier molecular flexibility index (Phi) is 2.91. The van der Waals surface area contributed by atoms with Gasteiger partial charge in [-0.15, -0.1) is 0 Å². The molecule has 0 atom stereocenters. The van der Waals surface area contributed by atoms with Crippen molar-refractivity contribution in [3.8, 4) is 0 Å². The first-order chi connectivity index (χ1) is 7.24. The molecule has 0 saturated heterocycles. The standard InChI is InChI=1S/C12H16N2S/c1-2-9-5-3-4-6-11(9)14(12(13)15)10-7-8-10/h3-6,10H,2,7-8H2,1H3,(H2,13,15). The van der Waals surface area contributed by atoms with E-state index in [1.54, 1.807) is 0 Å². The van der Waals surface area contributed by atoms with Gasteiger partial charge in [-0.2, -0.15) is 0 Å². The van der Waals surface area contributed by atoms with Gasteiger partial charge in [-0.05, 0) is 43.1 Å². The lowest BCUT2D eigenvalue weighted by Gasteiger charge is -2.25. The van der Waals surface area contributed by atoms with Crippen molar-refractivity contribution >= 4 is 23.0 Å². The fourth-order valence-electron chi connectivity index (χ4n) is 1.87. The smallest absolute Gasteiger partial charge is 0.171 e. The molecule has 80 valence electrons. The Bertz CT molecular complexity index is 372. The van der Waals surface area contributed by atoms with Crippen molar-refractivity contribution in [2.45, 2.75) is 32.2 Å². The third kappa shape index (κ3) is 2.12. The summed E-state index contributed by atoms with van der Waals surface area (Å²) in [5, 5.41) is 0.499. The molecule has 2 nitrogen and oxygen atoms in total. The zero-order valence-electron chi connectivity index (χ0n) is 8.94. The Labute approximate surface area is 96.1 Å². The predicted octanol–water partition coefficient (Wildman–Crippen LogP) is 2.46. The van der Waals surface area contributed by atoms with Gasteiger partial charge in [-0.25, -0.2) is 0 Å². The molecule has 2 N–H and O–H groups in total. The number of para-hydroxylation sites is 1. The second-order valence-corrected chi connectivity index (χ2v) is 4.34. The maximum atomic E-state index is 5.79. The Morgan fingerprint density at radius 3 is 2.67 bits per heavy atom. The minimum absolute atomic E-state index is 0.499. The summed E-state index contributed by atoms with van der Waals surface area (Å²) in [6.45, 7) is 2.16. The lowest BCUT2D eigenvalue weighted by Crippen LogP contribution is -2.37. The van der Waals surface area contributed by atoms with E-state index in [9.17, 15) is 0 Å². The number of aryl methyl sites for hydroxylation is 1. The van der Waals surface area contributed by atoms with E-state index in [0.717, 1.165) is 6.42 Å². The highest BCUT2D eigenvalue weighted by Crippen LogP contribution is 2.33. The monoisotopic (exact) mass is 220 g/mol. The van der Waals surface area contributed by atoms with Crippen molar-refractivity contribution < 1.29 is 0 Å². The van der Waals surface area contributed by atoms with Crippen molar-refractivity contribution in [1.82, 2.24) is 0 Å². The lowest BCUT2D eigenvalue weighted by atomic mass is 10.1. The SMILES string of the molecule is CCc1ccccc1N(C(N)=S)C1CC1. The molecule has 0 radical (unpaired) electrons. The Balaban J connectivity index is 2.36. The molecule has 1 aliphatic rings. The number of nitrogens with two attached hydrogens (primary N) is 1. The quantitative estimate of drug-likeness (QED) is 0.793. The van der Waals surface area contributed by atoms with Crippen LogP contribution in [-0.4, -0.2) is 11.2 Å². The summed E-state index contributed by atoms with van der Waals surface area (Å²) in [4.78, 5) is 2.11. The lowest BCUT2D eigenvalue weighted by molar-refractivity contribution is 0.981. The number of anilines is 1. The summed E-state index contributed by atoms with van der Waals surface area (Å²) in [6, 6.07) is 8.89. The molecule has 1 aromatic carbocycles. The molecule has 2 rings (SSSR count). The van der Waals surface area contributed by atoms with Gasteiger partial charge >= 0.3 is 0 Å². The van der Waals surface area contributed by atoms with Crippen LogP contribution in [0.3, 0.4) is 0 Å². The third-order valence-electron chi connectivity index (χ3n) is 2.78. The highest BCUT2D eigenvalue weighted by molar-refractivity contribution is 7.80. The van der Waals surface area contributed by atoms with Crippen LogP contribution in [0.15, 0.2) is 24.3 Å². The number of hydrogen-bond acceptors (Lipinski definition) is 1. The van der Waals surface area contributed by atoms with Crippen LogP contribution in [0, 0.1) is 0 Å². The minimum atomic E-state index is 0.499. The minimum Gasteiger partial charge on any atom is -0.376 e. The normalized spacial score (nSPS) is 15.0. The summed E-state index contributed by atoms with van der Waals surface area (Å²) in [5.74, 6) is 0. The van der Waals surface area contributed by atoms with Gasteiger partial charge < -0.3 is 10.6 Å². The van der Waals surface area contributed by atoms with Crippen molar-refractivity contribution in [2.75, 3.05) is 4.90 Å². The number of benzene rings is 1. The molecule has 0 bridgehead atoms. The molecule has 1 saturated carbocycles. The van der Waals surface area contributed by atoms with E-state index in [1.165, 1.54) is 24.1 Å². The second kappa shape index (κ2) is 4.19. The fourth-order valence-corrected chi connectivity index (χ4v) is 2.12. The van der Waals surface area contributed by atoms with Crippen LogP contribution >= 0.6 is 12.2 Å². The van der Waals surface area contributed by atoms with Crippen LogP contribution in [0.2, 0.25) is 0 Å². The molecule has 15 heavy (non-hydrogen) atoms. The van der Waals surface area contributed by atoms with Crippen LogP contribution in [0.25, 0.3) is 0 Å². The Morgan fingerprint density at radius 1 is 1.47 bits per heavy atom. The first-order valence-electron chi connectivity index (χ1n) is 5.40. The van der Waals surface area contributed by atoms with Crippen LogP contribution in [0.5, 0.6) is 0 Å². The Morgan fingerprint density at radius 2 is 2.13 bits per heavy atom. The molecule has 0 amide bonds. The van der Waals surface area contributed by atoms with Crippen LogP contribution in [0.4, 0.5) is 5.69 Å². The van der Waals surface area contributed by atoms with Gasteiger partial charge in [0.05, 0.1) is 0 Å². The summed E-state index contributed by atoms with van der Waals surface area (Å²) in [5.41, 5.74) is 8.30. The first kappa shape index (κ1) is 10.4. The molecule has 0 heterocycles. The van der Waals surface area contributed by atoms with E-state index in [1.807, 2.05) is 6.07 Å². The molecule has 0 aromatic heterocycles. The third-order valence-corrected chi connectivity index (χ3v) is 2.98. The highest BCUT2D eigenvalue weighted by atomic mass is 32.1. The number of thiocarbonyl (C=S) groups is 1. The van der Waals surface area contributed by atoms with Crippen LogP contribution in [-0.2, 0) is 6.42 Å². The molecule has 1 fully saturated rings. The summed E-state index contributed by atoms with van der Waals surface area (Å²) in [6.07, 6.45) is 3.42. The Hall–Kier alpha value is -1.09. The van der Waals surface area contributed by atoms with E-state index < -0.39 is 0 Å². The summed E-state index contributed by atoms with van der Waals surface area (Å²) < 4.78 is 0. The van der Waals surface area contributed by atoms with Crippen LogP contribution in [0.1, 0.15) is 25.3 Å². The highest BCUT2D eigenvalue weighted by Gasteiger charge is 2.31. The molecule has 1 aliphatic carbocycles.